The van der Waals surface area contributed by atoms with Crippen LogP contribution in [0.15, 0.2) is 29.3 Å². The maximum Gasteiger partial charge on any atom is 0.335 e. The number of hydrogen-bond donors (Lipinski definition) is 3. The predicted molar refractivity (Wildman–Crippen MR) is 96.5 cm³/mol. The minimum Gasteiger partial charge on any atom is -0.337 e. The zero-order valence-corrected chi connectivity index (χ0v) is 15.0. The second kappa shape index (κ2) is 8.39. The maximum atomic E-state index is 12.7. The number of piperazine rings is 1. The highest BCUT2D eigenvalue weighted by atomic mass is 35.5. The number of rotatable bonds is 5. The summed E-state index contributed by atoms with van der Waals surface area (Å²) < 4.78 is 0. The summed E-state index contributed by atoms with van der Waals surface area (Å²) in [7, 11) is 0. The standard InChI is InChI=1S/C17H20ClN5O3/c18-13-3-1-2-4-14(13)23-16(25)12(15(24)21-17(23)26)11-20-7-10-22-8-5-19-6-9-22/h1-4,11-12,19H,5-10H2,(H,21,24,26)/p+2/t12-/m1/s1. The Morgan fingerprint density at radius 2 is 2.00 bits per heavy atom. The van der Waals surface area contributed by atoms with Crippen LogP contribution in [-0.2, 0) is 9.59 Å². The van der Waals surface area contributed by atoms with E-state index in [1.165, 1.54) is 11.1 Å². The first-order valence-corrected chi connectivity index (χ1v) is 9.04. The molecule has 9 heteroatoms. The Kier molecular flexibility index (Phi) is 5.97. The molecule has 0 aliphatic carbocycles. The van der Waals surface area contributed by atoms with Crippen molar-refractivity contribution < 1.29 is 24.6 Å². The number of imide groups is 2. The lowest BCUT2D eigenvalue weighted by atomic mass is 10.1. The van der Waals surface area contributed by atoms with Crippen LogP contribution in [0.1, 0.15) is 0 Å². The van der Waals surface area contributed by atoms with Gasteiger partial charge in [-0.3, -0.25) is 19.9 Å². The van der Waals surface area contributed by atoms with Crippen LogP contribution in [-0.4, -0.2) is 63.3 Å². The average Bonchev–Trinajstić information content (AvgIpc) is 2.63. The molecule has 0 bridgehead atoms. The topological polar surface area (TPSA) is 99.9 Å². The number of nitrogens with two attached hydrogens (primary N) is 1. The van der Waals surface area contributed by atoms with Crippen LogP contribution >= 0.6 is 11.6 Å². The van der Waals surface area contributed by atoms with Gasteiger partial charge in [-0.2, -0.15) is 0 Å². The number of amides is 4. The smallest absolute Gasteiger partial charge is 0.335 e. The Hall–Kier alpha value is -2.29. The molecular weight excluding hydrogens is 358 g/mol. The quantitative estimate of drug-likeness (QED) is 0.410. The average molecular weight is 380 g/mol. The summed E-state index contributed by atoms with van der Waals surface area (Å²) >= 11 is 6.09. The van der Waals surface area contributed by atoms with E-state index >= 15 is 0 Å². The second-order valence-corrected chi connectivity index (χ2v) is 6.73. The Morgan fingerprint density at radius 1 is 1.27 bits per heavy atom. The van der Waals surface area contributed by atoms with Gasteiger partial charge < -0.3 is 10.2 Å². The van der Waals surface area contributed by atoms with Crippen LogP contribution in [0.2, 0.25) is 5.02 Å². The van der Waals surface area contributed by atoms with Gasteiger partial charge in [0.25, 0.3) is 5.91 Å². The number of para-hydroxylation sites is 1. The Balaban J connectivity index is 1.67. The largest absolute Gasteiger partial charge is 0.337 e. The predicted octanol–water partition coefficient (Wildman–Crippen LogP) is -1.93. The molecule has 0 radical (unpaired) electrons. The molecular formula is C17H22ClN5O3+2. The third-order valence-electron chi connectivity index (χ3n) is 4.55. The van der Waals surface area contributed by atoms with Crippen molar-refractivity contribution in [1.82, 2.24) is 5.32 Å². The third kappa shape index (κ3) is 4.09. The van der Waals surface area contributed by atoms with E-state index in [1.807, 2.05) is 0 Å². The Bertz CT molecular complexity index is 733. The number of quaternary nitrogens is 2. The zero-order valence-electron chi connectivity index (χ0n) is 14.3. The van der Waals surface area contributed by atoms with Crippen molar-refractivity contribution in [1.29, 1.82) is 0 Å². The lowest BCUT2D eigenvalue weighted by Crippen LogP contribution is -3.20. The van der Waals surface area contributed by atoms with Gasteiger partial charge in [-0.1, -0.05) is 23.7 Å². The number of nitrogens with zero attached hydrogens (tertiary/aromatic N) is 2. The molecule has 1 aromatic carbocycles. The molecule has 8 nitrogen and oxygen atoms in total. The van der Waals surface area contributed by atoms with Gasteiger partial charge in [0.1, 0.15) is 26.2 Å². The molecule has 1 atom stereocenters. The highest BCUT2D eigenvalue weighted by Crippen LogP contribution is 2.27. The molecule has 0 aromatic heterocycles. The number of carbonyl (C=O) groups is 3. The molecule has 0 saturated carbocycles. The molecule has 3 rings (SSSR count). The van der Waals surface area contributed by atoms with Gasteiger partial charge in [-0.05, 0) is 12.1 Å². The van der Waals surface area contributed by atoms with Gasteiger partial charge >= 0.3 is 6.03 Å². The lowest BCUT2D eigenvalue weighted by molar-refractivity contribution is -0.945. The SMILES string of the molecule is O=C1NC(=O)N(c2ccccc2Cl)C(=O)[C@@H]1C=NCC[NH+]1CC[NH2+]CC1. The minimum absolute atomic E-state index is 0.247. The molecule has 4 N–H and O–H groups in total. The normalized spacial score (nSPS) is 22.1. The van der Waals surface area contributed by atoms with Crippen LogP contribution in [0.25, 0.3) is 0 Å². The summed E-state index contributed by atoms with van der Waals surface area (Å²) in [5.74, 6) is -2.43. The van der Waals surface area contributed by atoms with E-state index in [-0.39, 0.29) is 10.7 Å². The maximum absolute atomic E-state index is 12.7. The fourth-order valence-electron chi connectivity index (χ4n) is 3.12. The second-order valence-electron chi connectivity index (χ2n) is 6.32. The summed E-state index contributed by atoms with van der Waals surface area (Å²) in [6.07, 6.45) is 1.34. The molecule has 2 fully saturated rings. The number of nitrogens with one attached hydrogen (secondary N) is 2. The van der Waals surface area contributed by atoms with E-state index in [0.717, 1.165) is 37.6 Å². The summed E-state index contributed by atoms with van der Waals surface area (Å²) in [4.78, 5) is 43.5. The Morgan fingerprint density at radius 3 is 2.73 bits per heavy atom. The number of urea groups is 1. The number of barbiturate groups is 1. The van der Waals surface area contributed by atoms with Crippen molar-refractivity contribution >= 4 is 41.3 Å². The number of aliphatic imine (C=N–C) groups is 1. The highest BCUT2D eigenvalue weighted by Gasteiger charge is 2.41. The number of carbonyl (C=O) groups excluding carboxylic acids is 3. The minimum atomic E-state index is -1.13. The first-order chi connectivity index (χ1) is 12.6. The van der Waals surface area contributed by atoms with E-state index in [4.69, 9.17) is 11.6 Å². The summed E-state index contributed by atoms with van der Waals surface area (Å²) in [5.41, 5.74) is 0.247. The van der Waals surface area contributed by atoms with Crippen molar-refractivity contribution in [3.05, 3.63) is 29.3 Å². The molecule has 2 heterocycles. The fourth-order valence-corrected chi connectivity index (χ4v) is 3.34. The zero-order chi connectivity index (χ0) is 18.5. The third-order valence-corrected chi connectivity index (χ3v) is 4.87. The highest BCUT2D eigenvalue weighted by molar-refractivity contribution is 6.38. The molecule has 4 amide bonds. The van der Waals surface area contributed by atoms with E-state index in [9.17, 15) is 14.4 Å². The first-order valence-electron chi connectivity index (χ1n) is 8.66. The molecule has 138 valence electrons. The van der Waals surface area contributed by atoms with Crippen molar-refractivity contribution in [2.75, 3.05) is 44.2 Å². The molecule has 26 heavy (non-hydrogen) atoms. The van der Waals surface area contributed by atoms with Crippen molar-refractivity contribution in [3.8, 4) is 0 Å². The van der Waals surface area contributed by atoms with Gasteiger partial charge in [0, 0.05) is 6.21 Å². The van der Waals surface area contributed by atoms with Gasteiger partial charge in [0.2, 0.25) is 5.91 Å². The summed E-state index contributed by atoms with van der Waals surface area (Å²) in [6, 6.07) is 5.70. The van der Waals surface area contributed by atoms with E-state index < -0.39 is 23.8 Å². The van der Waals surface area contributed by atoms with E-state index in [2.05, 4.69) is 15.6 Å². The first kappa shape index (κ1) is 18.5. The molecule has 1 aromatic rings. The number of hydrogen-bond acceptors (Lipinski definition) is 4. The number of benzene rings is 1. The molecule has 2 saturated heterocycles. The summed E-state index contributed by atoms with van der Waals surface area (Å²) in [6.45, 7) is 5.79. The number of anilines is 1. The fraction of sp³-hybridized carbons (Fsp3) is 0.412. The van der Waals surface area contributed by atoms with Gasteiger partial charge in [0.15, 0.2) is 5.92 Å². The van der Waals surface area contributed by atoms with E-state index in [0.29, 0.717) is 6.54 Å². The molecule has 2 aliphatic heterocycles. The molecule has 0 unspecified atom stereocenters. The summed E-state index contributed by atoms with van der Waals surface area (Å²) in [5, 5.41) is 4.74. The lowest BCUT2D eigenvalue weighted by Gasteiger charge is -2.29. The van der Waals surface area contributed by atoms with E-state index in [1.54, 1.807) is 24.3 Å². The molecule has 2 aliphatic rings. The van der Waals surface area contributed by atoms with Crippen molar-refractivity contribution in [3.63, 3.8) is 0 Å². The number of halogens is 1. The van der Waals surface area contributed by atoms with Gasteiger partial charge in [-0.25, -0.2) is 9.69 Å². The Labute approximate surface area is 156 Å². The van der Waals surface area contributed by atoms with Crippen LogP contribution in [0.5, 0.6) is 0 Å². The molecule has 0 spiro atoms. The van der Waals surface area contributed by atoms with Crippen molar-refractivity contribution in [2.24, 2.45) is 10.9 Å². The van der Waals surface area contributed by atoms with Crippen LogP contribution < -0.4 is 20.4 Å². The van der Waals surface area contributed by atoms with Crippen LogP contribution in [0.3, 0.4) is 0 Å². The van der Waals surface area contributed by atoms with Gasteiger partial charge in [0.05, 0.1) is 23.8 Å². The van der Waals surface area contributed by atoms with Gasteiger partial charge in [-0.15, -0.1) is 0 Å². The monoisotopic (exact) mass is 379 g/mol. The van der Waals surface area contributed by atoms with Crippen LogP contribution in [0.4, 0.5) is 10.5 Å². The van der Waals surface area contributed by atoms with Crippen LogP contribution in [0, 0.1) is 5.92 Å². The van der Waals surface area contributed by atoms with Crippen molar-refractivity contribution in [2.45, 2.75) is 0 Å².